The van der Waals surface area contributed by atoms with E-state index >= 15 is 0 Å². The van der Waals surface area contributed by atoms with Crippen LogP contribution in [0.2, 0.25) is 0 Å². The summed E-state index contributed by atoms with van der Waals surface area (Å²) < 4.78 is 5.72. The molecule has 2 amide bonds. The second kappa shape index (κ2) is 7.87. The molecule has 122 valence electrons. The molecule has 0 aliphatic carbocycles. The predicted octanol–water partition coefficient (Wildman–Crippen LogP) is 3.08. The monoisotopic (exact) mass is 308 g/mol. The lowest BCUT2D eigenvalue weighted by molar-refractivity contribution is -0.137. The highest BCUT2D eigenvalue weighted by Crippen LogP contribution is 2.31. The zero-order chi connectivity index (χ0) is 15.9. The van der Waals surface area contributed by atoms with Crippen LogP contribution in [0.25, 0.3) is 0 Å². The maximum absolute atomic E-state index is 12.4. The van der Waals surface area contributed by atoms with E-state index in [-0.39, 0.29) is 18.5 Å². The molecule has 6 heteroatoms. The first-order valence-corrected chi connectivity index (χ1v) is 7.90. The lowest BCUT2D eigenvalue weighted by Gasteiger charge is -2.28. The summed E-state index contributed by atoms with van der Waals surface area (Å²) in [6.45, 7) is 2.98. The Balaban J connectivity index is 1.97. The highest BCUT2D eigenvalue weighted by molar-refractivity contribution is 5.74. The average molecular weight is 308 g/mol. The molecule has 1 aromatic heterocycles. The third-order valence-corrected chi connectivity index (χ3v) is 3.95. The van der Waals surface area contributed by atoms with Crippen LogP contribution in [-0.4, -0.2) is 35.1 Å². The van der Waals surface area contributed by atoms with Crippen molar-refractivity contribution in [3.8, 4) is 0 Å². The Morgan fingerprint density at radius 1 is 1.36 bits per heavy atom. The number of carboxylic acids is 1. The number of hydrogen-bond donors (Lipinski definition) is 2. The Labute approximate surface area is 130 Å². The Bertz CT molecular complexity index is 512. The SMILES string of the molecule is Cc1ccc(C2CCCCCN2C(=O)NCCCC(=O)O)o1. The minimum atomic E-state index is -0.840. The molecule has 1 saturated heterocycles. The van der Waals surface area contributed by atoms with Crippen LogP contribution >= 0.6 is 0 Å². The number of aliphatic carboxylic acids is 1. The van der Waals surface area contributed by atoms with Crippen LogP contribution in [0, 0.1) is 6.92 Å². The average Bonchev–Trinajstić information content (AvgIpc) is 2.75. The maximum atomic E-state index is 12.4. The molecule has 6 nitrogen and oxygen atoms in total. The molecule has 1 fully saturated rings. The first-order valence-electron chi connectivity index (χ1n) is 7.90. The van der Waals surface area contributed by atoms with E-state index in [1.165, 1.54) is 0 Å². The van der Waals surface area contributed by atoms with Crippen LogP contribution < -0.4 is 5.32 Å². The zero-order valence-electron chi connectivity index (χ0n) is 13.0. The van der Waals surface area contributed by atoms with Gasteiger partial charge in [0.1, 0.15) is 11.5 Å². The molecule has 0 spiro atoms. The van der Waals surface area contributed by atoms with E-state index in [2.05, 4.69) is 5.32 Å². The minimum Gasteiger partial charge on any atom is -0.481 e. The fourth-order valence-corrected chi connectivity index (χ4v) is 2.82. The van der Waals surface area contributed by atoms with Crippen LogP contribution in [0.3, 0.4) is 0 Å². The van der Waals surface area contributed by atoms with Gasteiger partial charge in [-0.15, -0.1) is 0 Å². The number of urea groups is 1. The van der Waals surface area contributed by atoms with Crippen molar-refractivity contribution in [3.05, 3.63) is 23.7 Å². The van der Waals surface area contributed by atoms with E-state index < -0.39 is 5.97 Å². The van der Waals surface area contributed by atoms with Crippen LogP contribution in [0.1, 0.15) is 56.1 Å². The number of likely N-dealkylation sites (tertiary alicyclic amines) is 1. The molecule has 1 aliphatic heterocycles. The number of hydrogen-bond acceptors (Lipinski definition) is 3. The van der Waals surface area contributed by atoms with Gasteiger partial charge in [0.25, 0.3) is 0 Å². The number of aryl methyl sites for hydroxylation is 1. The Morgan fingerprint density at radius 3 is 2.86 bits per heavy atom. The van der Waals surface area contributed by atoms with E-state index in [4.69, 9.17) is 9.52 Å². The fourth-order valence-electron chi connectivity index (χ4n) is 2.82. The summed E-state index contributed by atoms with van der Waals surface area (Å²) in [4.78, 5) is 24.7. The standard InChI is InChI=1S/C16H24N2O4/c1-12-8-9-14(22-12)13-6-3-2-4-11-18(13)16(21)17-10-5-7-15(19)20/h8-9,13H,2-7,10-11H2,1H3,(H,17,21)(H,19,20). The summed E-state index contributed by atoms with van der Waals surface area (Å²) in [5.41, 5.74) is 0. The highest BCUT2D eigenvalue weighted by Gasteiger charge is 2.28. The van der Waals surface area contributed by atoms with E-state index in [1.807, 2.05) is 24.0 Å². The number of amides is 2. The van der Waals surface area contributed by atoms with Crippen molar-refractivity contribution in [1.29, 1.82) is 0 Å². The van der Waals surface area contributed by atoms with E-state index in [0.29, 0.717) is 19.5 Å². The van der Waals surface area contributed by atoms with Gasteiger partial charge in [-0.2, -0.15) is 0 Å². The highest BCUT2D eigenvalue weighted by atomic mass is 16.4. The molecule has 0 saturated carbocycles. The number of nitrogens with zero attached hydrogens (tertiary/aromatic N) is 1. The van der Waals surface area contributed by atoms with Gasteiger partial charge in [-0.05, 0) is 38.3 Å². The van der Waals surface area contributed by atoms with Gasteiger partial charge in [0, 0.05) is 19.5 Å². The van der Waals surface area contributed by atoms with Crippen molar-refractivity contribution < 1.29 is 19.1 Å². The van der Waals surface area contributed by atoms with Crippen molar-refractivity contribution in [2.75, 3.05) is 13.1 Å². The first-order chi connectivity index (χ1) is 10.6. The van der Waals surface area contributed by atoms with Gasteiger partial charge in [-0.3, -0.25) is 4.79 Å². The molecule has 0 radical (unpaired) electrons. The largest absolute Gasteiger partial charge is 0.481 e. The van der Waals surface area contributed by atoms with Crippen LogP contribution in [0.4, 0.5) is 4.79 Å². The van der Waals surface area contributed by atoms with Gasteiger partial charge in [0.05, 0.1) is 6.04 Å². The molecule has 0 bridgehead atoms. The molecule has 1 aromatic rings. The summed E-state index contributed by atoms with van der Waals surface area (Å²) in [5, 5.41) is 11.4. The van der Waals surface area contributed by atoms with Gasteiger partial charge in [0.2, 0.25) is 0 Å². The smallest absolute Gasteiger partial charge is 0.318 e. The predicted molar refractivity (Wildman–Crippen MR) is 81.6 cm³/mol. The van der Waals surface area contributed by atoms with Gasteiger partial charge >= 0.3 is 12.0 Å². The number of furan rings is 1. The number of carbonyl (C=O) groups is 2. The number of carbonyl (C=O) groups excluding carboxylic acids is 1. The Kier molecular flexibility index (Phi) is 5.86. The molecule has 2 rings (SSSR count). The number of rotatable bonds is 5. The molecular weight excluding hydrogens is 284 g/mol. The molecule has 0 aromatic carbocycles. The van der Waals surface area contributed by atoms with E-state index in [1.54, 1.807) is 0 Å². The second-order valence-corrected chi connectivity index (χ2v) is 5.74. The Morgan fingerprint density at radius 2 is 2.18 bits per heavy atom. The fraction of sp³-hybridized carbons (Fsp3) is 0.625. The van der Waals surface area contributed by atoms with Gasteiger partial charge in [0.15, 0.2) is 0 Å². The van der Waals surface area contributed by atoms with Crippen LogP contribution in [0.15, 0.2) is 16.5 Å². The van der Waals surface area contributed by atoms with Gasteiger partial charge in [-0.1, -0.05) is 12.8 Å². The third-order valence-electron chi connectivity index (χ3n) is 3.95. The van der Waals surface area contributed by atoms with Crippen molar-refractivity contribution in [1.82, 2.24) is 10.2 Å². The van der Waals surface area contributed by atoms with E-state index in [9.17, 15) is 9.59 Å². The van der Waals surface area contributed by atoms with Crippen LogP contribution in [0.5, 0.6) is 0 Å². The molecule has 2 N–H and O–H groups in total. The van der Waals surface area contributed by atoms with Crippen molar-refractivity contribution in [3.63, 3.8) is 0 Å². The molecule has 1 atom stereocenters. The third kappa shape index (κ3) is 4.51. The van der Waals surface area contributed by atoms with Crippen molar-refractivity contribution in [2.45, 2.75) is 51.5 Å². The van der Waals surface area contributed by atoms with E-state index in [0.717, 1.165) is 37.2 Å². The maximum Gasteiger partial charge on any atom is 0.318 e. The summed E-state index contributed by atoms with van der Waals surface area (Å²) in [6.07, 6.45) is 4.58. The minimum absolute atomic E-state index is 0.0318. The molecule has 22 heavy (non-hydrogen) atoms. The van der Waals surface area contributed by atoms with Crippen LogP contribution in [-0.2, 0) is 4.79 Å². The molecular formula is C16H24N2O4. The Hall–Kier alpha value is -1.98. The van der Waals surface area contributed by atoms with Gasteiger partial charge < -0.3 is 19.7 Å². The lowest BCUT2D eigenvalue weighted by atomic mass is 10.1. The second-order valence-electron chi connectivity index (χ2n) is 5.74. The summed E-state index contributed by atoms with van der Waals surface area (Å²) >= 11 is 0. The summed E-state index contributed by atoms with van der Waals surface area (Å²) in [6, 6.07) is 3.70. The first kappa shape index (κ1) is 16.4. The number of nitrogens with one attached hydrogen (secondary N) is 1. The summed E-state index contributed by atoms with van der Waals surface area (Å²) in [5.74, 6) is 0.842. The quantitative estimate of drug-likeness (QED) is 0.819. The number of carboxylic acid groups (broad SMARTS) is 1. The van der Waals surface area contributed by atoms with Crippen molar-refractivity contribution in [2.24, 2.45) is 0 Å². The van der Waals surface area contributed by atoms with Gasteiger partial charge in [-0.25, -0.2) is 4.79 Å². The molecule has 1 aliphatic rings. The summed E-state index contributed by atoms with van der Waals surface area (Å²) in [7, 11) is 0. The normalized spacial score (nSPS) is 18.8. The molecule has 1 unspecified atom stereocenters. The topological polar surface area (TPSA) is 82.8 Å². The zero-order valence-corrected chi connectivity index (χ0v) is 13.0. The molecule has 2 heterocycles. The lowest BCUT2D eigenvalue weighted by Crippen LogP contribution is -2.42. The van der Waals surface area contributed by atoms with Crippen molar-refractivity contribution >= 4 is 12.0 Å².